The first-order valence-electron chi connectivity index (χ1n) is 10.5. The summed E-state index contributed by atoms with van der Waals surface area (Å²) >= 11 is 0. The second kappa shape index (κ2) is 9.66. The van der Waals surface area contributed by atoms with Crippen LogP contribution >= 0.6 is 0 Å². The lowest BCUT2D eigenvalue weighted by molar-refractivity contribution is -0.138. The van der Waals surface area contributed by atoms with E-state index < -0.39 is 29.9 Å². The van der Waals surface area contributed by atoms with E-state index >= 15 is 0 Å². The van der Waals surface area contributed by atoms with Crippen LogP contribution in [0.1, 0.15) is 18.4 Å². The Balaban J connectivity index is 1.73. The van der Waals surface area contributed by atoms with E-state index in [-0.39, 0.29) is 35.4 Å². The first-order valence-corrected chi connectivity index (χ1v) is 10.5. The molecule has 0 radical (unpaired) electrons. The number of ether oxygens (including phenoxy) is 1. The Labute approximate surface area is 190 Å². The van der Waals surface area contributed by atoms with Crippen LogP contribution in [-0.2, 0) is 6.18 Å². The van der Waals surface area contributed by atoms with E-state index in [0.29, 0.717) is 25.2 Å². The van der Waals surface area contributed by atoms with E-state index in [1.54, 1.807) is 0 Å². The van der Waals surface area contributed by atoms with Crippen LogP contribution in [0.25, 0.3) is 16.8 Å². The second-order valence-corrected chi connectivity index (χ2v) is 7.85. The highest BCUT2D eigenvalue weighted by molar-refractivity contribution is 5.82. The maximum absolute atomic E-state index is 14.8. The Morgan fingerprint density at radius 2 is 2.00 bits per heavy atom. The zero-order valence-electron chi connectivity index (χ0n) is 17.7. The Hall–Kier alpha value is -3.06. The first-order chi connectivity index (χ1) is 16.2. The molecular weight excluding hydrogens is 468 g/mol. The average Bonchev–Trinajstić information content (AvgIpc) is 3.16. The van der Waals surface area contributed by atoms with Crippen molar-refractivity contribution in [2.24, 2.45) is 0 Å². The van der Waals surface area contributed by atoms with Gasteiger partial charge in [0.15, 0.2) is 5.82 Å². The van der Waals surface area contributed by atoms with Crippen LogP contribution < -0.4 is 10.1 Å². The predicted molar refractivity (Wildman–Crippen MR) is 110 cm³/mol. The minimum atomic E-state index is -4.79. The number of hydrogen-bond acceptors (Lipinski definition) is 6. The van der Waals surface area contributed by atoms with Gasteiger partial charge in [0.05, 0.1) is 12.2 Å². The number of β-amino-alcohol motifs (C(OH)–C–C–N with tert-alkyl or cyclic N) is 1. The summed E-state index contributed by atoms with van der Waals surface area (Å²) in [6.45, 7) is -1.43. The Morgan fingerprint density at radius 1 is 1.21 bits per heavy atom. The summed E-state index contributed by atoms with van der Waals surface area (Å²) in [5, 5.41) is 20.4. The van der Waals surface area contributed by atoms with Crippen LogP contribution in [0.4, 0.5) is 32.3 Å². The van der Waals surface area contributed by atoms with Crippen molar-refractivity contribution in [3.05, 3.63) is 41.8 Å². The van der Waals surface area contributed by atoms with Crippen LogP contribution in [0.3, 0.4) is 0 Å². The maximum Gasteiger partial charge on any atom is 0.416 e. The number of nitrogens with one attached hydrogen (secondary N) is 1. The van der Waals surface area contributed by atoms with Crippen molar-refractivity contribution in [2.45, 2.75) is 31.7 Å². The normalized spacial score (nSPS) is 17.5. The fraction of sp³-hybridized carbons (Fsp3) is 0.429. The average molecular weight is 489 g/mol. The summed E-state index contributed by atoms with van der Waals surface area (Å²) in [7, 11) is 0. The topological polar surface area (TPSA) is 74.9 Å². The minimum absolute atomic E-state index is 0.0183. The molecule has 34 heavy (non-hydrogen) atoms. The standard InChI is InChI=1S/C21H21F6N5O2/c22-15-5-7-32-18(15)17(14-4-3-12(21(25,26)27)10-16(14)34-19(23)24)29-30-20(32)28-13-2-1-6-31(11-13)8-9-33/h3-5,7,10,13,19,33H,1-2,6,8-9,11H2,(H,28,30). The summed E-state index contributed by atoms with van der Waals surface area (Å²) < 4.78 is 85.6. The highest BCUT2D eigenvalue weighted by Gasteiger charge is 2.32. The number of halogens is 6. The van der Waals surface area contributed by atoms with Gasteiger partial charge in [0.2, 0.25) is 5.95 Å². The smallest absolute Gasteiger partial charge is 0.416 e. The van der Waals surface area contributed by atoms with Crippen molar-refractivity contribution in [1.29, 1.82) is 0 Å². The van der Waals surface area contributed by atoms with Crippen molar-refractivity contribution >= 4 is 11.5 Å². The first kappa shape index (κ1) is 24.1. The number of aliphatic hydroxyl groups excluding tert-OH is 1. The third-order valence-corrected chi connectivity index (χ3v) is 5.57. The van der Waals surface area contributed by atoms with Gasteiger partial charge in [0.1, 0.15) is 17.0 Å². The van der Waals surface area contributed by atoms with Crippen LogP contribution in [0.2, 0.25) is 0 Å². The van der Waals surface area contributed by atoms with Gasteiger partial charge in [-0.1, -0.05) is 0 Å². The van der Waals surface area contributed by atoms with Gasteiger partial charge in [-0.25, -0.2) is 4.39 Å². The number of hydrogen-bond donors (Lipinski definition) is 2. The third-order valence-electron chi connectivity index (χ3n) is 5.57. The van der Waals surface area contributed by atoms with Crippen molar-refractivity contribution in [1.82, 2.24) is 19.5 Å². The molecule has 0 spiro atoms. The summed E-state index contributed by atoms with van der Waals surface area (Å²) in [5.74, 6) is -1.38. The summed E-state index contributed by atoms with van der Waals surface area (Å²) in [5.41, 5.74) is -1.86. The monoisotopic (exact) mass is 489 g/mol. The molecule has 2 aromatic heterocycles. The second-order valence-electron chi connectivity index (χ2n) is 7.85. The van der Waals surface area contributed by atoms with Gasteiger partial charge in [-0.15, -0.1) is 10.2 Å². The van der Waals surface area contributed by atoms with Crippen LogP contribution in [0, 0.1) is 5.82 Å². The Morgan fingerprint density at radius 3 is 2.71 bits per heavy atom. The molecule has 0 saturated carbocycles. The molecule has 3 aromatic rings. The van der Waals surface area contributed by atoms with Gasteiger partial charge in [-0.3, -0.25) is 9.30 Å². The Bertz CT molecular complexity index is 1150. The lowest BCUT2D eigenvalue weighted by Gasteiger charge is -2.32. The molecule has 3 heterocycles. The molecule has 4 rings (SSSR count). The number of aromatic nitrogens is 3. The number of benzene rings is 1. The molecule has 1 atom stereocenters. The van der Waals surface area contributed by atoms with Crippen LogP contribution in [0.5, 0.6) is 5.75 Å². The van der Waals surface area contributed by atoms with E-state index in [1.165, 1.54) is 10.6 Å². The van der Waals surface area contributed by atoms with Crippen LogP contribution in [0.15, 0.2) is 30.5 Å². The zero-order chi connectivity index (χ0) is 24.5. The fourth-order valence-electron chi connectivity index (χ4n) is 4.07. The molecule has 13 heteroatoms. The predicted octanol–water partition coefficient (Wildman–Crippen LogP) is 4.02. The summed E-state index contributed by atoms with van der Waals surface area (Å²) in [6, 6.07) is 3.04. The zero-order valence-corrected chi connectivity index (χ0v) is 17.7. The van der Waals surface area contributed by atoms with Gasteiger partial charge in [0, 0.05) is 30.9 Å². The SMILES string of the molecule is OCCN1CCCC(Nc2nnc(-c3ccc(C(F)(F)F)cc3OC(F)F)c3c(F)ccn23)C1. The van der Waals surface area contributed by atoms with E-state index in [0.717, 1.165) is 31.5 Å². The molecule has 1 aliphatic rings. The molecule has 1 fully saturated rings. The number of piperidine rings is 1. The quantitative estimate of drug-likeness (QED) is 0.489. The van der Waals surface area contributed by atoms with E-state index in [1.807, 2.05) is 0 Å². The third kappa shape index (κ3) is 5.04. The molecule has 184 valence electrons. The van der Waals surface area contributed by atoms with Crippen molar-refractivity contribution in [3.63, 3.8) is 0 Å². The van der Waals surface area contributed by atoms with Crippen molar-refractivity contribution in [3.8, 4) is 17.0 Å². The fourth-order valence-corrected chi connectivity index (χ4v) is 4.07. The molecule has 0 amide bonds. The van der Waals surface area contributed by atoms with Gasteiger partial charge in [-0.2, -0.15) is 22.0 Å². The number of fused-ring (bicyclic) bond motifs is 1. The molecule has 1 aliphatic heterocycles. The maximum atomic E-state index is 14.8. The lowest BCUT2D eigenvalue weighted by atomic mass is 10.1. The summed E-state index contributed by atoms with van der Waals surface area (Å²) in [6.07, 6.45) is -1.77. The van der Waals surface area contributed by atoms with Gasteiger partial charge in [-0.05, 0) is 43.7 Å². The van der Waals surface area contributed by atoms with Crippen molar-refractivity contribution in [2.75, 3.05) is 31.6 Å². The number of alkyl halides is 5. The molecule has 1 saturated heterocycles. The number of anilines is 1. The van der Waals surface area contributed by atoms with Crippen LogP contribution in [-0.4, -0.2) is 63.5 Å². The number of likely N-dealkylation sites (tertiary alicyclic amines) is 1. The summed E-state index contributed by atoms with van der Waals surface area (Å²) in [4.78, 5) is 2.06. The molecule has 1 aromatic carbocycles. The highest BCUT2D eigenvalue weighted by atomic mass is 19.4. The van der Waals surface area contributed by atoms with Gasteiger partial charge >= 0.3 is 12.8 Å². The number of rotatable bonds is 7. The van der Waals surface area contributed by atoms with Gasteiger partial charge in [0.25, 0.3) is 0 Å². The minimum Gasteiger partial charge on any atom is -0.434 e. The number of aliphatic hydroxyl groups is 1. The molecule has 0 bridgehead atoms. The lowest BCUT2D eigenvalue weighted by Crippen LogP contribution is -2.43. The molecule has 0 aliphatic carbocycles. The highest BCUT2D eigenvalue weighted by Crippen LogP contribution is 2.39. The molecule has 7 nitrogen and oxygen atoms in total. The van der Waals surface area contributed by atoms with E-state index in [9.17, 15) is 26.3 Å². The van der Waals surface area contributed by atoms with E-state index in [4.69, 9.17) is 5.11 Å². The molecular formula is C21H21F6N5O2. The largest absolute Gasteiger partial charge is 0.434 e. The van der Waals surface area contributed by atoms with E-state index in [2.05, 4.69) is 25.2 Å². The Kier molecular flexibility index (Phi) is 6.84. The molecule has 2 N–H and O–H groups in total. The van der Waals surface area contributed by atoms with Gasteiger partial charge < -0.3 is 15.2 Å². The van der Waals surface area contributed by atoms with Crippen molar-refractivity contribution < 1.29 is 36.2 Å². The number of nitrogens with zero attached hydrogens (tertiary/aromatic N) is 4. The molecule has 1 unspecified atom stereocenters.